The molecule has 0 spiro atoms. The highest BCUT2D eigenvalue weighted by Gasteiger charge is 2.11. The Bertz CT molecular complexity index is 505. The highest BCUT2D eigenvalue weighted by molar-refractivity contribution is 5.63. The molecule has 0 aliphatic heterocycles. The topological polar surface area (TPSA) is 78.6 Å². The van der Waals surface area contributed by atoms with Gasteiger partial charge in [-0.05, 0) is 10.3 Å². The van der Waals surface area contributed by atoms with E-state index in [4.69, 9.17) is 14.2 Å². The van der Waals surface area contributed by atoms with Crippen LogP contribution in [-0.4, -0.2) is 31.6 Å². The predicted octanol–water partition coefficient (Wildman–Crippen LogP) is 1.84. The summed E-state index contributed by atoms with van der Waals surface area (Å²) < 4.78 is 19.9. The lowest BCUT2D eigenvalue weighted by atomic mass is 10.2. The van der Waals surface area contributed by atoms with Gasteiger partial charge in [0.25, 0.3) is 5.88 Å². The maximum Gasteiger partial charge on any atom is 0.300 e. The molecular formula is C11H13N3O4. The molecule has 7 heteroatoms. The monoisotopic (exact) mass is 251 g/mol. The van der Waals surface area contributed by atoms with Gasteiger partial charge < -0.3 is 19.5 Å². The molecule has 96 valence electrons. The number of nitrogens with one attached hydrogen (secondary N) is 1. The fraction of sp³-hybridized carbons (Fsp3) is 0.273. The minimum atomic E-state index is 0.275. The van der Waals surface area contributed by atoms with Gasteiger partial charge in [0.2, 0.25) is 5.82 Å². The SMILES string of the molecule is COc1cc(Nc2nonc2OC)cc(OC)c1. The summed E-state index contributed by atoms with van der Waals surface area (Å²) in [6.45, 7) is 0. The zero-order chi connectivity index (χ0) is 13.0. The largest absolute Gasteiger partial charge is 0.497 e. The molecule has 0 bridgehead atoms. The molecule has 0 unspecified atom stereocenters. The Hall–Kier alpha value is -2.44. The molecule has 0 saturated carbocycles. The molecule has 1 N–H and O–H groups in total. The van der Waals surface area contributed by atoms with E-state index in [0.717, 1.165) is 5.69 Å². The van der Waals surface area contributed by atoms with Crippen LogP contribution in [0.2, 0.25) is 0 Å². The number of nitrogens with zero attached hydrogens (tertiary/aromatic N) is 2. The first-order chi connectivity index (χ1) is 8.76. The van der Waals surface area contributed by atoms with E-state index in [9.17, 15) is 0 Å². The average molecular weight is 251 g/mol. The van der Waals surface area contributed by atoms with E-state index < -0.39 is 0 Å². The maximum atomic E-state index is 5.16. The zero-order valence-electron chi connectivity index (χ0n) is 10.3. The van der Waals surface area contributed by atoms with Gasteiger partial charge in [0.15, 0.2) is 0 Å². The summed E-state index contributed by atoms with van der Waals surface area (Å²) in [5, 5.41) is 10.3. The second-order valence-corrected chi connectivity index (χ2v) is 3.35. The predicted molar refractivity (Wildman–Crippen MR) is 63.7 cm³/mol. The van der Waals surface area contributed by atoms with Crippen molar-refractivity contribution in [1.29, 1.82) is 0 Å². The molecule has 2 aromatic rings. The fourth-order valence-electron chi connectivity index (χ4n) is 1.41. The van der Waals surface area contributed by atoms with E-state index in [1.165, 1.54) is 7.11 Å². The summed E-state index contributed by atoms with van der Waals surface area (Å²) >= 11 is 0. The van der Waals surface area contributed by atoms with Crippen molar-refractivity contribution < 1.29 is 18.8 Å². The Labute approximate surface area is 104 Å². The van der Waals surface area contributed by atoms with Crippen molar-refractivity contribution in [2.24, 2.45) is 0 Å². The lowest BCUT2D eigenvalue weighted by Gasteiger charge is -2.08. The highest BCUT2D eigenvalue weighted by Crippen LogP contribution is 2.29. The summed E-state index contributed by atoms with van der Waals surface area (Å²) in [4.78, 5) is 0. The molecule has 0 fully saturated rings. The summed E-state index contributed by atoms with van der Waals surface area (Å²) in [5.41, 5.74) is 0.722. The van der Waals surface area contributed by atoms with Crippen molar-refractivity contribution in [2.45, 2.75) is 0 Å². The third-order valence-electron chi connectivity index (χ3n) is 2.27. The fourth-order valence-corrected chi connectivity index (χ4v) is 1.41. The Balaban J connectivity index is 2.28. The Kier molecular flexibility index (Phi) is 3.52. The molecular weight excluding hydrogens is 238 g/mol. The molecule has 18 heavy (non-hydrogen) atoms. The molecule has 0 aliphatic rings. The number of anilines is 2. The molecule has 0 radical (unpaired) electrons. The standard InChI is InChI=1S/C11H13N3O4/c1-15-8-4-7(5-9(6-8)16-2)12-10-11(17-3)14-18-13-10/h4-6H,1-3H3,(H,12,13). The first-order valence-electron chi connectivity index (χ1n) is 5.13. The zero-order valence-corrected chi connectivity index (χ0v) is 10.3. The van der Waals surface area contributed by atoms with Crippen LogP contribution in [0.15, 0.2) is 22.8 Å². The van der Waals surface area contributed by atoms with Crippen LogP contribution >= 0.6 is 0 Å². The molecule has 7 nitrogen and oxygen atoms in total. The van der Waals surface area contributed by atoms with E-state index in [2.05, 4.69) is 20.3 Å². The molecule has 0 atom stereocenters. The highest BCUT2D eigenvalue weighted by atomic mass is 16.6. The van der Waals surface area contributed by atoms with Crippen LogP contribution in [0.1, 0.15) is 0 Å². The van der Waals surface area contributed by atoms with Gasteiger partial charge >= 0.3 is 0 Å². The number of ether oxygens (including phenoxy) is 3. The maximum absolute atomic E-state index is 5.16. The quantitative estimate of drug-likeness (QED) is 0.868. The van der Waals surface area contributed by atoms with Crippen LogP contribution in [-0.2, 0) is 0 Å². The van der Waals surface area contributed by atoms with Crippen LogP contribution in [0.3, 0.4) is 0 Å². The van der Waals surface area contributed by atoms with Crippen LogP contribution in [0.5, 0.6) is 17.4 Å². The van der Waals surface area contributed by atoms with Gasteiger partial charge in [-0.3, -0.25) is 0 Å². The van der Waals surface area contributed by atoms with Gasteiger partial charge in [-0.15, -0.1) is 0 Å². The number of aromatic nitrogens is 2. The van der Waals surface area contributed by atoms with E-state index in [-0.39, 0.29) is 5.88 Å². The third kappa shape index (κ3) is 2.45. The molecule has 1 heterocycles. The van der Waals surface area contributed by atoms with Crippen molar-refractivity contribution in [1.82, 2.24) is 10.3 Å². The lowest BCUT2D eigenvalue weighted by Crippen LogP contribution is -1.96. The second kappa shape index (κ2) is 5.26. The molecule has 2 rings (SSSR count). The summed E-state index contributed by atoms with van der Waals surface area (Å²) in [6.07, 6.45) is 0. The first kappa shape index (κ1) is 12.0. The Morgan fingerprint density at radius 2 is 1.61 bits per heavy atom. The van der Waals surface area contributed by atoms with Gasteiger partial charge in [0.05, 0.1) is 21.3 Å². The van der Waals surface area contributed by atoms with E-state index in [1.807, 2.05) is 0 Å². The summed E-state index contributed by atoms with van der Waals surface area (Å²) in [6, 6.07) is 5.34. The van der Waals surface area contributed by atoms with Gasteiger partial charge in [0, 0.05) is 23.9 Å². The van der Waals surface area contributed by atoms with Crippen molar-refractivity contribution >= 4 is 11.5 Å². The van der Waals surface area contributed by atoms with Crippen LogP contribution in [0, 0.1) is 0 Å². The van der Waals surface area contributed by atoms with E-state index >= 15 is 0 Å². The Morgan fingerprint density at radius 1 is 0.944 bits per heavy atom. The number of methoxy groups -OCH3 is 3. The third-order valence-corrected chi connectivity index (χ3v) is 2.27. The molecule has 1 aromatic heterocycles. The second-order valence-electron chi connectivity index (χ2n) is 3.35. The number of hydrogen-bond acceptors (Lipinski definition) is 7. The van der Waals surface area contributed by atoms with Crippen molar-refractivity contribution in [3.63, 3.8) is 0 Å². The minimum absolute atomic E-state index is 0.275. The summed E-state index contributed by atoms with van der Waals surface area (Å²) in [5.74, 6) is 1.98. The average Bonchev–Trinajstić information content (AvgIpc) is 2.85. The van der Waals surface area contributed by atoms with Gasteiger partial charge in [-0.25, -0.2) is 4.63 Å². The van der Waals surface area contributed by atoms with Gasteiger partial charge in [-0.2, -0.15) is 0 Å². The first-order valence-corrected chi connectivity index (χ1v) is 5.13. The smallest absolute Gasteiger partial charge is 0.300 e. The van der Waals surface area contributed by atoms with Crippen molar-refractivity contribution in [3.05, 3.63) is 18.2 Å². The van der Waals surface area contributed by atoms with E-state index in [0.29, 0.717) is 17.3 Å². The van der Waals surface area contributed by atoms with Crippen LogP contribution < -0.4 is 19.5 Å². The minimum Gasteiger partial charge on any atom is -0.497 e. The van der Waals surface area contributed by atoms with Crippen LogP contribution in [0.25, 0.3) is 0 Å². The lowest BCUT2D eigenvalue weighted by molar-refractivity contribution is 0.282. The molecule has 0 amide bonds. The van der Waals surface area contributed by atoms with E-state index in [1.54, 1.807) is 32.4 Å². The number of rotatable bonds is 5. The Morgan fingerprint density at radius 3 is 2.17 bits per heavy atom. The molecule has 0 aliphatic carbocycles. The summed E-state index contributed by atoms with van der Waals surface area (Å²) in [7, 11) is 4.64. The number of hydrogen-bond donors (Lipinski definition) is 1. The van der Waals surface area contributed by atoms with Gasteiger partial charge in [-0.1, -0.05) is 0 Å². The molecule has 1 aromatic carbocycles. The van der Waals surface area contributed by atoms with Gasteiger partial charge in [0.1, 0.15) is 11.5 Å². The van der Waals surface area contributed by atoms with Crippen molar-refractivity contribution in [3.8, 4) is 17.4 Å². The molecule has 0 saturated heterocycles. The number of benzene rings is 1. The van der Waals surface area contributed by atoms with Crippen LogP contribution in [0.4, 0.5) is 11.5 Å². The normalized spacial score (nSPS) is 9.94. The van der Waals surface area contributed by atoms with Crippen molar-refractivity contribution in [2.75, 3.05) is 26.6 Å².